The normalized spacial score (nSPS) is 20.0. The van der Waals surface area contributed by atoms with Gasteiger partial charge in [0.1, 0.15) is 5.82 Å². The van der Waals surface area contributed by atoms with Gasteiger partial charge in [-0.2, -0.15) is 13.2 Å². The Morgan fingerprint density at radius 3 is 2.54 bits per heavy atom. The Morgan fingerprint density at radius 1 is 1.07 bits per heavy atom. The van der Waals surface area contributed by atoms with E-state index >= 15 is 0 Å². The number of pyridine rings is 1. The molecule has 2 aromatic heterocycles. The van der Waals surface area contributed by atoms with E-state index in [2.05, 4.69) is 20.2 Å². The Bertz CT molecular complexity index is 840. The lowest BCUT2D eigenvalue weighted by atomic mass is 9.95. The highest BCUT2D eigenvalue weighted by molar-refractivity contribution is 5.92. The number of anilines is 2. The molecule has 1 N–H and O–H groups in total. The van der Waals surface area contributed by atoms with Crippen LogP contribution in [0.5, 0.6) is 0 Å². The summed E-state index contributed by atoms with van der Waals surface area (Å²) in [6, 6.07) is 3.72. The molecule has 2 aliphatic rings. The summed E-state index contributed by atoms with van der Waals surface area (Å²) in [6.45, 7) is 2.16. The van der Waals surface area contributed by atoms with Crippen LogP contribution < -0.4 is 10.2 Å². The first-order chi connectivity index (χ1) is 13.4. The molecule has 0 saturated carbocycles. The van der Waals surface area contributed by atoms with E-state index in [-0.39, 0.29) is 18.9 Å². The molecule has 0 aromatic carbocycles. The summed E-state index contributed by atoms with van der Waals surface area (Å²) < 4.78 is 40.0. The second-order valence-electron chi connectivity index (χ2n) is 7.35. The van der Waals surface area contributed by atoms with E-state index in [9.17, 15) is 18.0 Å². The smallest absolute Gasteiger partial charge is 0.370 e. The number of rotatable bonds is 3. The molecule has 0 aliphatic carbocycles. The van der Waals surface area contributed by atoms with Crippen LogP contribution in [0, 0.1) is 5.92 Å². The molecule has 2 aromatic rings. The van der Waals surface area contributed by atoms with E-state index in [1.807, 2.05) is 6.07 Å². The van der Waals surface area contributed by atoms with Gasteiger partial charge in [0.2, 0.25) is 11.7 Å². The summed E-state index contributed by atoms with van der Waals surface area (Å²) in [7, 11) is 0. The molecule has 0 bridgehead atoms. The fraction of sp³-hybridized carbons (Fsp3) is 0.526. The minimum absolute atomic E-state index is 0.129. The average Bonchev–Trinajstić information content (AvgIpc) is 3.13. The SMILES string of the molecule is O=C(Nc1ccc(N2CCCCC2)cn1)[C@H]1CCn2c(cnc2C(F)(F)F)C1. The zero-order valence-corrected chi connectivity index (χ0v) is 15.4. The zero-order chi connectivity index (χ0) is 19.7. The van der Waals surface area contributed by atoms with Gasteiger partial charge in [0.05, 0.1) is 11.9 Å². The van der Waals surface area contributed by atoms with Crippen LogP contribution in [0.4, 0.5) is 24.7 Å². The van der Waals surface area contributed by atoms with E-state index in [0.717, 1.165) is 23.3 Å². The molecule has 1 saturated heterocycles. The third-order valence-corrected chi connectivity index (χ3v) is 5.44. The molecule has 0 unspecified atom stereocenters. The molecule has 9 heteroatoms. The first kappa shape index (κ1) is 18.8. The maximum atomic E-state index is 12.9. The number of carbonyl (C=O) groups is 1. The third kappa shape index (κ3) is 3.83. The number of amides is 1. The quantitative estimate of drug-likeness (QED) is 0.867. The van der Waals surface area contributed by atoms with E-state index in [0.29, 0.717) is 17.9 Å². The monoisotopic (exact) mass is 393 g/mol. The van der Waals surface area contributed by atoms with Gasteiger partial charge in [0.15, 0.2) is 0 Å². The van der Waals surface area contributed by atoms with E-state index in [4.69, 9.17) is 0 Å². The Balaban J connectivity index is 1.38. The summed E-state index contributed by atoms with van der Waals surface area (Å²) >= 11 is 0. The third-order valence-electron chi connectivity index (χ3n) is 5.44. The van der Waals surface area contributed by atoms with Crippen LogP contribution >= 0.6 is 0 Å². The number of alkyl halides is 3. The summed E-state index contributed by atoms with van der Waals surface area (Å²) in [5.74, 6) is -1.05. The van der Waals surface area contributed by atoms with Crippen LogP contribution in [-0.2, 0) is 23.9 Å². The number of fused-ring (bicyclic) bond motifs is 1. The molecule has 28 heavy (non-hydrogen) atoms. The molecule has 1 atom stereocenters. The molecule has 2 aliphatic heterocycles. The van der Waals surface area contributed by atoms with Crippen LogP contribution in [0.2, 0.25) is 0 Å². The number of carbonyl (C=O) groups excluding carboxylic acids is 1. The first-order valence-corrected chi connectivity index (χ1v) is 9.55. The van der Waals surface area contributed by atoms with Crippen LogP contribution in [0.25, 0.3) is 0 Å². The van der Waals surface area contributed by atoms with Crippen molar-refractivity contribution in [2.24, 2.45) is 5.92 Å². The van der Waals surface area contributed by atoms with E-state index in [1.54, 1.807) is 12.3 Å². The summed E-state index contributed by atoms with van der Waals surface area (Å²) in [5, 5.41) is 2.79. The molecule has 0 radical (unpaired) electrons. The summed E-state index contributed by atoms with van der Waals surface area (Å²) in [5.41, 5.74) is 1.48. The Hall–Kier alpha value is -2.58. The van der Waals surface area contributed by atoms with Crippen molar-refractivity contribution in [2.45, 2.75) is 44.8 Å². The summed E-state index contributed by atoms with van der Waals surface area (Å²) in [4.78, 5) is 22.7. The van der Waals surface area contributed by atoms with Gasteiger partial charge in [-0.25, -0.2) is 9.97 Å². The number of piperidine rings is 1. The lowest BCUT2D eigenvalue weighted by molar-refractivity contribution is -0.147. The van der Waals surface area contributed by atoms with Gasteiger partial charge in [-0.3, -0.25) is 4.79 Å². The van der Waals surface area contributed by atoms with Crippen molar-refractivity contribution in [3.63, 3.8) is 0 Å². The lowest BCUT2D eigenvalue weighted by Crippen LogP contribution is -2.32. The van der Waals surface area contributed by atoms with Gasteiger partial charge >= 0.3 is 6.18 Å². The number of aromatic nitrogens is 3. The number of halogens is 3. The van der Waals surface area contributed by atoms with E-state index < -0.39 is 17.9 Å². The van der Waals surface area contributed by atoms with Crippen molar-refractivity contribution in [2.75, 3.05) is 23.3 Å². The van der Waals surface area contributed by atoms with Crippen molar-refractivity contribution >= 4 is 17.4 Å². The second kappa shape index (κ2) is 7.44. The van der Waals surface area contributed by atoms with Crippen LogP contribution in [-0.4, -0.2) is 33.5 Å². The lowest BCUT2D eigenvalue weighted by Gasteiger charge is -2.28. The van der Waals surface area contributed by atoms with Crippen LogP contribution in [0.1, 0.15) is 37.2 Å². The Kier molecular flexibility index (Phi) is 4.99. The van der Waals surface area contributed by atoms with Crippen molar-refractivity contribution < 1.29 is 18.0 Å². The van der Waals surface area contributed by atoms with Crippen LogP contribution in [0.15, 0.2) is 24.5 Å². The highest BCUT2D eigenvalue weighted by Gasteiger charge is 2.39. The average molecular weight is 393 g/mol. The Morgan fingerprint density at radius 2 is 1.86 bits per heavy atom. The highest BCUT2D eigenvalue weighted by atomic mass is 19.4. The van der Waals surface area contributed by atoms with Gasteiger partial charge in [-0.05, 0) is 37.8 Å². The van der Waals surface area contributed by atoms with Gasteiger partial charge in [-0.15, -0.1) is 0 Å². The topological polar surface area (TPSA) is 63.1 Å². The molecule has 0 spiro atoms. The molecular formula is C19H22F3N5O. The molecular weight excluding hydrogens is 371 g/mol. The molecule has 1 amide bonds. The number of nitrogens with one attached hydrogen (secondary N) is 1. The van der Waals surface area contributed by atoms with Crippen molar-refractivity contribution in [3.8, 4) is 0 Å². The maximum absolute atomic E-state index is 12.9. The number of hydrogen-bond acceptors (Lipinski definition) is 4. The van der Waals surface area contributed by atoms with Gasteiger partial charge in [-0.1, -0.05) is 0 Å². The first-order valence-electron chi connectivity index (χ1n) is 9.55. The van der Waals surface area contributed by atoms with Crippen molar-refractivity contribution in [1.82, 2.24) is 14.5 Å². The molecule has 1 fully saturated rings. The predicted molar refractivity (Wildman–Crippen MR) is 98.0 cm³/mol. The largest absolute Gasteiger partial charge is 0.449 e. The van der Waals surface area contributed by atoms with Crippen molar-refractivity contribution in [1.29, 1.82) is 0 Å². The second-order valence-corrected chi connectivity index (χ2v) is 7.35. The van der Waals surface area contributed by atoms with Gasteiger partial charge < -0.3 is 14.8 Å². The summed E-state index contributed by atoms with van der Waals surface area (Å²) in [6.07, 6.45) is 2.67. The minimum atomic E-state index is -4.48. The van der Waals surface area contributed by atoms with Gasteiger partial charge in [0, 0.05) is 43.9 Å². The van der Waals surface area contributed by atoms with Crippen molar-refractivity contribution in [3.05, 3.63) is 36.0 Å². The molecule has 150 valence electrons. The number of imidazole rings is 1. The van der Waals surface area contributed by atoms with Gasteiger partial charge in [0.25, 0.3) is 0 Å². The van der Waals surface area contributed by atoms with Crippen LogP contribution in [0.3, 0.4) is 0 Å². The fourth-order valence-electron chi connectivity index (χ4n) is 3.94. The minimum Gasteiger partial charge on any atom is -0.370 e. The fourth-order valence-corrected chi connectivity index (χ4v) is 3.94. The molecule has 4 rings (SSSR count). The number of hydrogen-bond donors (Lipinski definition) is 1. The Labute approximate surface area is 160 Å². The standard InChI is InChI=1S/C19H22F3N5O/c20-19(21,22)18-24-12-15-10-13(6-9-27(15)18)17(28)25-16-5-4-14(11-23-16)26-7-2-1-3-8-26/h4-5,11-13H,1-3,6-10H2,(H,23,25,28)/t13-/m0/s1. The highest BCUT2D eigenvalue weighted by Crippen LogP contribution is 2.32. The molecule has 4 heterocycles. The predicted octanol–water partition coefficient (Wildman–Crippen LogP) is 3.49. The maximum Gasteiger partial charge on any atom is 0.449 e. The number of nitrogens with zero attached hydrogens (tertiary/aromatic N) is 4. The molecule has 6 nitrogen and oxygen atoms in total. The van der Waals surface area contributed by atoms with E-state index in [1.165, 1.54) is 25.5 Å². The zero-order valence-electron chi connectivity index (χ0n) is 15.4.